The molecular weight excluding hydrogens is 360 g/mol. The Morgan fingerprint density at radius 2 is 1.93 bits per heavy atom. The lowest BCUT2D eigenvalue weighted by Gasteiger charge is -2.25. The van der Waals surface area contributed by atoms with Crippen molar-refractivity contribution >= 4 is 21.6 Å². The molecule has 1 aromatic carbocycles. The van der Waals surface area contributed by atoms with Crippen molar-refractivity contribution in [2.24, 2.45) is 17.8 Å². The van der Waals surface area contributed by atoms with Gasteiger partial charge < -0.3 is 4.90 Å². The molecule has 5 nitrogen and oxygen atoms in total. The molecule has 27 heavy (non-hydrogen) atoms. The molecule has 5 rings (SSSR count). The van der Waals surface area contributed by atoms with E-state index in [0.717, 1.165) is 56.2 Å². The first kappa shape index (κ1) is 17.4. The van der Waals surface area contributed by atoms with E-state index in [4.69, 9.17) is 0 Å². The van der Waals surface area contributed by atoms with Crippen molar-refractivity contribution in [3.8, 4) is 0 Å². The van der Waals surface area contributed by atoms with Gasteiger partial charge in [-0.1, -0.05) is 25.0 Å². The molecule has 0 radical (unpaired) electrons. The van der Waals surface area contributed by atoms with Crippen LogP contribution in [0.15, 0.2) is 35.2 Å². The molecule has 1 amide bonds. The zero-order valence-electron chi connectivity index (χ0n) is 15.4. The molecule has 3 atom stereocenters. The molecule has 4 aliphatic rings. The van der Waals surface area contributed by atoms with Crippen molar-refractivity contribution in [3.05, 3.63) is 35.9 Å². The van der Waals surface area contributed by atoms with Gasteiger partial charge in [-0.15, -0.1) is 0 Å². The van der Waals surface area contributed by atoms with Crippen LogP contribution in [0.25, 0.3) is 0 Å². The molecule has 2 fully saturated rings. The van der Waals surface area contributed by atoms with E-state index in [0.29, 0.717) is 23.3 Å². The Hall–Kier alpha value is -1.66. The van der Waals surface area contributed by atoms with Crippen LogP contribution in [-0.2, 0) is 21.2 Å². The van der Waals surface area contributed by atoms with E-state index in [1.54, 1.807) is 12.1 Å². The van der Waals surface area contributed by atoms with Crippen LogP contribution in [0, 0.1) is 17.8 Å². The number of sulfonamides is 1. The maximum absolute atomic E-state index is 13.1. The number of rotatable bonds is 4. The van der Waals surface area contributed by atoms with E-state index >= 15 is 0 Å². The first-order chi connectivity index (χ1) is 13.0. The number of anilines is 1. The van der Waals surface area contributed by atoms with Crippen LogP contribution in [-0.4, -0.2) is 26.9 Å². The summed E-state index contributed by atoms with van der Waals surface area (Å²) in [5, 5.41) is 0. The molecule has 0 spiro atoms. The average Bonchev–Trinajstić information content (AvgIpc) is 3.43. The highest BCUT2D eigenvalue weighted by Crippen LogP contribution is 2.45. The van der Waals surface area contributed by atoms with Crippen molar-refractivity contribution in [3.63, 3.8) is 0 Å². The summed E-state index contributed by atoms with van der Waals surface area (Å²) in [6.07, 6.45) is 11.3. The van der Waals surface area contributed by atoms with E-state index in [1.165, 1.54) is 0 Å². The molecule has 0 saturated heterocycles. The number of amides is 1. The minimum atomic E-state index is -3.49. The number of nitrogens with zero attached hydrogens (tertiary/aromatic N) is 1. The Balaban J connectivity index is 1.36. The number of carbonyl (C=O) groups excluding carboxylic acids is 1. The summed E-state index contributed by atoms with van der Waals surface area (Å²) in [6, 6.07) is 5.31. The fourth-order valence-corrected chi connectivity index (χ4v) is 6.73. The third-order valence-electron chi connectivity index (χ3n) is 6.80. The first-order valence-corrected chi connectivity index (χ1v) is 11.6. The van der Waals surface area contributed by atoms with Gasteiger partial charge >= 0.3 is 0 Å². The standard InChI is InChI=1S/C21H26N2O3S/c24-21(19-12-14-5-6-15(19)11-14)23-10-9-16-13-18(7-8-20(16)23)27(25,26)22-17-3-1-2-4-17/h5-8,13-15,17,19,22H,1-4,9-12H2/t14-,15-,19+/m0/s1. The number of benzene rings is 1. The van der Waals surface area contributed by atoms with Gasteiger partial charge in [0.1, 0.15) is 0 Å². The predicted octanol–water partition coefficient (Wildman–Crippen LogP) is 3.01. The smallest absolute Gasteiger partial charge is 0.240 e. The zero-order valence-corrected chi connectivity index (χ0v) is 16.2. The van der Waals surface area contributed by atoms with Crippen molar-refractivity contribution < 1.29 is 13.2 Å². The Morgan fingerprint density at radius 1 is 1.11 bits per heavy atom. The fraction of sp³-hybridized carbons (Fsp3) is 0.571. The molecule has 3 aliphatic carbocycles. The summed E-state index contributed by atoms with van der Waals surface area (Å²) < 4.78 is 28.2. The first-order valence-electron chi connectivity index (χ1n) is 10.2. The van der Waals surface area contributed by atoms with Crippen molar-refractivity contribution in [1.29, 1.82) is 0 Å². The number of nitrogens with one attached hydrogen (secondary N) is 1. The third kappa shape index (κ3) is 3.03. The van der Waals surface area contributed by atoms with Crippen LogP contribution in [0.2, 0.25) is 0 Å². The van der Waals surface area contributed by atoms with E-state index in [2.05, 4.69) is 16.9 Å². The van der Waals surface area contributed by atoms with Crippen molar-refractivity contribution in [2.75, 3.05) is 11.4 Å². The molecule has 1 aliphatic heterocycles. The zero-order chi connectivity index (χ0) is 18.6. The van der Waals surface area contributed by atoms with Gasteiger partial charge in [-0.05, 0) is 67.7 Å². The number of hydrogen-bond donors (Lipinski definition) is 1. The van der Waals surface area contributed by atoms with Gasteiger partial charge in [0.25, 0.3) is 0 Å². The van der Waals surface area contributed by atoms with Crippen LogP contribution in [0.4, 0.5) is 5.69 Å². The fourth-order valence-electron chi connectivity index (χ4n) is 5.37. The second kappa shape index (κ2) is 6.45. The van der Waals surface area contributed by atoms with Crippen molar-refractivity contribution in [2.45, 2.75) is 55.9 Å². The summed E-state index contributed by atoms with van der Waals surface area (Å²) in [6.45, 7) is 0.658. The molecule has 2 bridgehead atoms. The molecule has 1 heterocycles. The molecule has 6 heteroatoms. The number of fused-ring (bicyclic) bond motifs is 3. The SMILES string of the molecule is O=C([C@@H]1C[C@H]2C=C[C@H]1C2)N1CCc2cc(S(=O)(=O)NC3CCCC3)ccc21. The topological polar surface area (TPSA) is 66.5 Å². The lowest BCUT2D eigenvalue weighted by atomic mass is 9.92. The van der Waals surface area contributed by atoms with Crippen LogP contribution < -0.4 is 9.62 Å². The van der Waals surface area contributed by atoms with Gasteiger partial charge in [-0.3, -0.25) is 4.79 Å². The van der Waals surface area contributed by atoms with Gasteiger partial charge in [0, 0.05) is 24.2 Å². The van der Waals surface area contributed by atoms with Gasteiger partial charge in [0.05, 0.1) is 4.90 Å². The Bertz CT molecular complexity index is 902. The largest absolute Gasteiger partial charge is 0.312 e. The number of hydrogen-bond acceptors (Lipinski definition) is 3. The summed E-state index contributed by atoms with van der Waals surface area (Å²) in [5.41, 5.74) is 1.86. The second-order valence-electron chi connectivity index (χ2n) is 8.52. The summed E-state index contributed by atoms with van der Waals surface area (Å²) in [7, 11) is -3.49. The van der Waals surface area contributed by atoms with Crippen LogP contribution in [0.3, 0.4) is 0 Å². The van der Waals surface area contributed by atoms with Crippen LogP contribution in [0.5, 0.6) is 0 Å². The third-order valence-corrected chi connectivity index (χ3v) is 8.31. The monoisotopic (exact) mass is 386 g/mol. The maximum atomic E-state index is 13.1. The van der Waals surface area contributed by atoms with Crippen LogP contribution >= 0.6 is 0 Å². The average molecular weight is 387 g/mol. The van der Waals surface area contributed by atoms with E-state index < -0.39 is 10.0 Å². The highest BCUT2D eigenvalue weighted by atomic mass is 32.2. The van der Waals surface area contributed by atoms with Gasteiger partial charge in [0.2, 0.25) is 15.9 Å². The van der Waals surface area contributed by atoms with E-state index in [-0.39, 0.29) is 17.9 Å². The highest BCUT2D eigenvalue weighted by molar-refractivity contribution is 7.89. The molecular formula is C21H26N2O3S. The Labute approximate surface area is 160 Å². The molecule has 2 saturated carbocycles. The highest BCUT2D eigenvalue weighted by Gasteiger charge is 2.42. The number of allylic oxidation sites excluding steroid dienone is 2. The summed E-state index contributed by atoms with van der Waals surface area (Å²) in [5.74, 6) is 1.27. The lowest BCUT2D eigenvalue weighted by Crippen LogP contribution is -2.36. The normalized spacial score (nSPS) is 29.6. The Kier molecular flexibility index (Phi) is 4.17. The minimum Gasteiger partial charge on any atom is -0.312 e. The molecule has 0 aromatic heterocycles. The molecule has 1 N–H and O–H groups in total. The second-order valence-corrected chi connectivity index (χ2v) is 10.2. The maximum Gasteiger partial charge on any atom is 0.240 e. The van der Waals surface area contributed by atoms with Crippen molar-refractivity contribution in [1.82, 2.24) is 4.72 Å². The van der Waals surface area contributed by atoms with E-state index in [1.807, 2.05) is 11.0 Å². The predicted molar refractivity (Wildman–Crippen MR) is 104 cm³/mol. The number of carbonyl (C=O) groups is 1. The van der Waals surface area contributed by atoms with Crippen LogP contribution in [0.1, 0.15) is 44.1 Å². The minimum absolute atomic E-state index is 0.0622. The quantitative estimate of drug-likeness (QED) is 0.809. The summed E-state index contributed by atoms with van der Waals surface area (Å²) >= 11 is 0. The summed E-state index contributed by atoms with van der Waals surface area (Å²) in [4.78, 5) is 15.3. The molecule has 144 valence electrons. The van der Waals surface area contributed by atoms with Gasteiger partial charge in [-0.25, -0.2) is 13.1 Å². The Morgan fingerprint density at radius 3 is 2.63 bits per heavy atom. The molecule has 0 unspecified atom stereocenters. The molecule has 1 aromatic rings. The van der Waals surface area contributed by atoms with Gasteiger partial charge in [0.15, 0.2) is 0 Å². The van der Waals surface area contributed by atoms with E-state index in [9.17, 15) is 13.2 Å². The lowest BCUT2D eigenvalue weighted by molar-refractivity contribution is -0.123. The van der Waals surface area contributed by atoms with Gasteiger partial charge in [-0.2, -0.15) is 0 Å².